The quantitative estimate of drug-likeness (QED) is 0.872. The number of hydrogen-bond acceptors (Lipinski definition) is 3. The van der Waals surface area contributed by atoms with E-state index in [1.165, 1.54) is 12.4 Å². The third-order valence-corrected chi connectivity index (χ3v) is 2.46. The lowest BCUT2D eigenvalue weighted by atomic mass is 10.0. The minimum Gasteiger partial charge on any atom is -0.319 e. The zero-order valence-corrected chi connectivity index (χ0v) is 9.03. The molecule has 0 amide bonds. The normalized spacial score (nSPS) is 12.4. The number of rotatable bonds is 2. The van der Waals surface area contributed by atoms with Crippen LogP contribution in [-0.2, 0) is 0 Å². The van der Waals surface area contributed by atoms with E-state index >= 15 is 0 Å². The van der Waals surface area contributed by atoms with Gasteiger partial charge in [-0.25, -0.2) is 14.4 Å². The predicted octanol–water partition coefficient (Wildman–Crippen LogP) is 2.32. The molecule has 1 unspecified atom stereocenters. The van der Waals surface area contributed by atoms with Crippen LogP contribution < -0.4 is 5.73 Å². The smallest absolute Gasteiger partial charge is 0.129 e. The Balaban J connectivity index is 2.38. The van der Waals surface area contributed by atoms with E-state index in [-0.39, 0.29) is 0 Å². The molecule has 2 rings (SSSR count). The molecule has 82 valence electrons. The molecule has 0 spiro atoms. The van der Waals surface area contributed by atoms with Crippen LogP contribution in [0, 0.1) is 5.82 Å². The maximum absolute atomic E-state index is 13.6. The van der Waals surface area contributed by atoms with E-state index in [0.29, 0.717) is 16.3 Å². The molecule has 3 nitrogen and oxygen atoms in total. The molecule has 0 radical (unpaired) electrons. The van der Waals surface area contributed by atoms with Gasteiger partial charge in [0, 0.05) is 16.8 Å². The number of benzene rings is 1. The Labute approximate surface area is 97.1 Å². The van der Waals surface area contributed by atoms with Gasteiger partial charge in [-0.05, 0) is 18.2 Å². The van der Waals surface area contributed by atoms with Crippen molar-refractivity contribution in [3.63, 3.8) is 0 Å². The molecular formula is C11H9ClFN3. The van der Waals surface area contributed by atoms with Gasteiger partial charge in [0.05, 0.1) is 11.7 Å². The summed E-state index contributed by atoms with van der Waals surface area (Å²) in [5, 5.41) is 0.344. The molecule has 5 heteroatoms. The summed E-state index contributed by atoms with van der Waals surface area (Å²) in [6, 6.07) is 5.43. The second kappa shape index (κ2) is 4.55. The summed E-state index contributed by atoms with van der Waals surface area (Å²) in [5.74, 6) is -0.432. The molecule has 0 saturated carbocycles. The van der Waals surface area contributed by atoms with Crippen molar-refractivity contribution in [3.05, 3.63) is 58.9 Å². The highest BCUT2D eigenvalue weighted by Crippen LogP contribution is 2.22. The van der Waals surface area contributed by atoms with Crippen molar-refractivity contribution in [1.82, 2.24) is 9.97 Å². The molecule has 16 heavy (non-hydrogen) atoms. The SMILES string of the molecule is NC(c1ccncn1)c1ccc(Cl)cc1F. The predicted molar refractivity (Wildman–Crippen MR) is 59.5 cm³/mol. The molecule has 0 aliphatic rings. The van der Waals surface area contributed by atoms with Crippen LogP contribution in [-0.4, -0.2) is 9.97 Å². The van der Waals surface area contributed by atoms with E-state index in [1.807, 2.05) is 0 Å². The van der Waals surface area contributed by atoms with Gasteiger partial charge in [-0.3, -0.25) is 0 Å². The van der Waals surface area contributed by atoms with Crippen molar-refractivity contribution in [2.45, 2.75) is 6.04 Å². The van der Waals surface area contributed by atoms with E-state index < -0.39 is 11.9 Å². The first-order valence-corrected chi connectivity index (χ1v) is 5.02. The van der Waals surface area contributed by atoms with E-state index in [4.69, 9.17) is 17.3 Å². The van der Waals surface area contributed by atoms with Gasteiger partial charge in [0.2, 0.25) is 0 Å². The lowest BCUT2D eigenvalue weighted by molar-refractivity contribution is 0.597. The molecule has 1 aromatic carbocycles. The van der Waals surface area contributed by atoms with Gasteiger partial charge in [-0.15, -0.1) is 0 Å². The highest BCUT2D eigenvalue weighted by Gasteiger charge is 2.14. The standard InChI is InChI=1S/C11H9ClFN3/c12-7-1-2-8(9(13)5-7)11(14)10-3-4-15-6-16-10/h1-6,11H,14H2. The largest absolute Gasteiger partial charge is 0.319 e. The fraction of sp³-hybridized carbons (Fsp3) is 0.0909. The Morgan fingerprint density at radius 3 is 2.75 bits per heavy atom. The van der Waals surface area contributed by atoms with Crippen LogP contribution in [0.15, 0.2) is 36.8 Å². The highest BCUT2D eigenvalue weighted by atomic mass is 35.5. The summed E-state index contributed by atoms with van der Waals surface area (Å²) in [7, 11) is 0. The summed E-state index contributed by atoms with van der Waals surface area (Å²) in [6.07, 6.45) is 2.94. The fourth-order valence-corrected chi connectivity index (χ4v) is 1.56. The second-order valence-electron chi connectivity index (χ2n) is 3.28. The van der Waals surface area contributed by atoms with Crippen LogP contribution in [0.4, 0.5) is 4.39 Å². The lowest BCUT2D eigenvalue weighted by Gasteiger charge is -2.12. The van der Waals surface area contributed by atoms with Gasteiger partial charge in [0.1, 0.15) is 12.1 Å². The lowest BCUT2D eigenvalue weighted by Crippen LogP contribution is -2.15. The van der Waals surface area contributed by atoms with Crippen molar-refractivity contribution in [1.29, 1.82) is 0 Å². The molecular weight excluding hydrogens is 229 g/mol. The molecule has 0 saturated heterocycles. The van der Waals surface area contributed by atoms with Crippen LogP contribution in [0.1, 0.15) is 17.3 Å². The first-order chi connectivity index (χ1) is 7.68. The van der Waals surface area contributed by atoms with Crippen LogP contribution in [0.25, 0.3) is 0 Å². The third-order valence-electron chi connectivity index (χ3n) is 2.22. The Bertz CT molecular complexity index is 490. The number of aromatic nitrogens is 2. The van der Waals surface area contributed by atoms with E-state index in [9.17, 15) is 4.39 Å². The first-order valence-electron chi connectivity index (χ1n) is 4.65. The highest BCUT2D eigenvalue weighted by molar-refractivity contribution is 6.30. The Morgan fingerprint density at radius 2 is 2.12 bits per heavy atom. The summed E-state index contributed by atoms with van der Waals surface area (Å²) < 4.78 is 13.6. The molecule has 1 atom stereocenters. The monoisotopic (exact) mass is 237 g/mol. The van der Waals surface area contributed by atoms with E-state index in [0.717, 1.165) is 0 Å². The third kappa shape index (κ3) is 2.18. The van der Waals surface area contributed by atoms with Gasteiger partial charge in [-0.2, -0.15) is 0 Å². The molecule has 0 aliphatic heterocycles. The summed E-state index contributed by atoms with van der Waals surface area (Å²) in [6.45, 7) is 0. The molecule has 0 bridgehead atoms. The van der Waals surface area contributed by atoms with Crippen molar-refractivity contribution >= 4 is 11.6 Å². The Kier molecular flexibility index (Phi) is 3.12. The number of hydrogen-bond donors (Lipinski definition) is 1. The topological polar surface area (TPSA) is 51.8 Å². The minimum absolute atomic E-state index is 0.344. The summed E-state index contributed by atoms with van der Waals surface area (Å²) in [4.78, 5) is 7.76. The van der Waals surface area contributed by atoms with Gasteiger partial charge >= 0.3 is 0 Å². The summed E-state index contributed by atoms with van der Waals surface area (Å²) in [5.41, 5.74) is 6.82. The molecule has 2 aromatic rings. The zero-order chi connectivity index (χ0) is 11.5. The van der Waals surface area contributed by atoms with Gasteiger partial charge in [-0.1, -0.05) is 17.7 Å². The maximum Gasteiger partial charge on any atom is 0.129 e. The van der Waals surface area contributed by atoms with Crippen LogP contribution in [0.2, 0.25) is 5.02 Å². The van der Waals surface area contributed by atoms with Crippen molar-refractivity contribution in [2.75, 3.05) is 0 Å². The number of halogens is 2. The molecule has 1 heterocycles. The summed E-state index contributed by atoms with van der Waals surface area (Å²) >= 11 is 5.66. The van der Waals surface area contributed by atoms with E-state index in [2.05, 4.69) is 9.97 Å². The van der Waals surface area contributed by atoms with Crippen molar-refractivity contribution < 1.29 is 4.39 Å². The molecule has 0 fully saturated rings. The molecule has 1 aromatic heterocycles. The minimum atomic E-state index is -0.611. The second-order valence-corrected chi connectivity index (χ2v) is 3.71. The van der Waals surface area contributed by atoms with Crippen LogP contribution in [0.3, 0.4) is 0 Å². The Hall–Kier alpha value is -1.52. The number of nitrogens with two attached hydrogens (primary N) is 1. The van der Waals surface area contributed by atoms with Gasteiger partial charge in [0.25, 0.3) is 0 Å². The van der Waals surface area contributed by atoms with Crippen LogP contribution >= 0.6 is 11.6 Å². The van der Waals surface area contributed by atoms with Gasteiger partial charge < -0.3 is 5.73 Å². The molecule has 0 aliphatic carbocycles. The first kappa shape index (κ1) is 11.0. The Morgan fingerprint density at radius 1 is 1.31 bits per heavy atom. The van der Waals surface area contributed by atoms with Crippen LogP contribution in [0.5, 0.6) is 0 Å². The fourth-order valence-electron chi connectivity index (χ4n) is 1.40. The van der Waals surface area contributed by atoms with E-state index in [1.54, 1.807) is 24.4 Å². The maximum atomic E-state index is 13.6. The van der Waals surface area contributed by atoms with Crippen molar-refractivity contribution in [2.24, 2.45) is 5.73 Å². The zero-order valence-electron chi connectivity index (χ0n) is 8.27. The average molecular weight is 238 g/mol. The van der Waals surface area contributed by atoms with Crippen molar-refractivity contribution in [3.8, 4) is 0 Å². The van der Waals surface area contributed by atoms with Gasteiger partial charge in [0.15, 0.2) is 0 Å². The molecule has 2 N–H and O–H groups in total. The number of nitrogens with zero attached hydrogens (tertiary/aromatic N) is 2. The average Bonchev–Trinajstić information content (AvgIpc) is 2.29.